The molecule has 1 aliphatic rings. The molecule has 0 aliphatic carbocycles. The molecule has 19 heavy (non-hydrogen) atoms. The molecule has 1 fully saturated rings. The molecule has 0 amide bonds. The van der Waals surface area contributed by atoms with Crippen LogP contribution in [0, 0.1) is 11.3 Å². The number of likely N-dealkylation sites (N-methyl/N-ethyl adjacent to an activating group) is 1. The van der Waals surface area contributed by atoms with E-state index >= 15 is 0 Å². The second-order valence-electron chi connectivity index (χ2n) is 4.98. The summed E-state index contributed by atoms with van der Waals surface area (Å²) in [7, 11) is 0. The molecule has 1 aromatic rings. The number of nitrogens with zero attached hydrogens (tertiary/aromatic N) is 4. The maximum absolute atomic E-state index is 9.52. The van der Waals surface area contributed by atoms with Crippen LogP contribution in [-0.4, -0.2) is 47.0 Å². The Hall–Kier alpha value is -1.44. The van der Waals surface area contributed by atoms with Gasteiger partial charge in [-0.15, -0.1) is 0 Å². The molecule has 4 nitrogen and oxygen atoms in total. The molecule has 2 atom stereocenters. The van der Waals surface area contributed by atoms with E-state index in [0.717, 1.165) is 38.3 Å². The summed E-state index contributed by atoms with van der Waals surface area (Å²) in [6, 6.07) is 8.46. The Morgan fingerprint density at radius 1 is 1.42 bits per heavy atom. The smallest absolute Gasteiger partial charge is 0.141 e. The van der Waals surface area contributed by atoms with Crippen LogP contribution in [0.2, 0.25) is 0 Å². The lowest BCUT2D eigenvalue weighted by Gasteiger charge is -2.42. The maximum Gasteiger partial charge on any atom is 0.141 e. The maximum atomic E-state index is 9.52. The Balaban J connectivity index is 2.17. The molecule has 0 radical (unpaired) electrons. The zero-order valence-electron chi connectivity index (χ0n) is 11.8. The fourth-order valence-electron chi connectivity index (χ4n) is 2.77. The van der Waals surface area contributed by atoms with Gasteiger partial charge >= 0.3 is 0 Å². The minimum Gasteiger partial charge on any atom is -0.301 e. The SMILES string of the molecule is CCC1CN(CC)CCN1C(C#N)c1ccccn1. The first-order valence-corrected chi connectivity index (χ1v) is 7.08. The lowest BCUT2D eigenvalue weighted by atomic mass is 10.0. The average Bonchev–Trinajstić information content (AvgIpc) is 2.49. The van der Waals surface area contributed by atoms with Gasteiger partial charge in [-0.05, 0) is 25.1 Å². The lowest BCUT2D eigenvalue weighted by Crippen LogP contribution is -2.53. The van der Waals surface area contributed by atoms with Crippen LogP contribution in [-0.2, 0) is 0 Å². The van der Waals surface area contributed by atoms with Crippen molar-refractivity contribution in [2.75, 3.05) is 26.2 Å². The van der Waals surface area contributed by atoms with Crippen molar-refractivity contribution in [3.8, 4) is 6.07 Å². The molecule has 1 aromatic heterocycles. The highest BCUT2D eigenvalue weighted by atomic mass is 15.3. The molecule has 4 heteroatoms. The van der Waals surface area contributed by atoms with E-state index in [1.807, 2.05) is 18.2 Å². The Bertz CT molecular complexity index is 426. The summed E-state index contributed by atoms with van der Waals surface area (Å²) in [5.74, 6) is 0. The van der Waals surface area contributed by atoms with Gasteiger partial charge in [-0.25, -0.2) is 0 Å². The van der Waals surface area contributed by atoms with E-state index in [4.69, 9.17) is 0 Å². The fourth-order valence-corrected chi connectivity index (χ4v) is 2.77. The van der Waals surface area contributed by atoms with Gasteiger partial charge in [-0.3, -0.25) is 9.88 Å². The highest BCUT2D eigenvalue weighted by Gasteiger charge is 2.31. The van der Waals surface area contributed by atoms with Gasteiger partial charge in [0.25, 0.3) is 0 Å². The molecule has 0 saturated carbocycles. The van der Waals surface area contributed by atoms with Crippen LogP contribution < -0.4 is 0 Å². The number of nitriles is 1. The van der Waals surface area contributed by atoms with Crippen LogP contribution in [0.5, 0.6) is 0 Å². The van der Waals surface area contributed by atoms with Crippen LogP contribution in [0.25, 0.3) is 0 Å². The van der Waals surface area contributed by atoms with E-state index in [1.165, 1.54) is 0 Å². The van der Waals surface area contributed by atoms with E-state index in [9.17, 15) is 5.26 Å². The normalized spacial score (nSPS) is 22.9. The summed E-state index contributed by atoms with van der Waals surface area (Å²) in [4.78, 5) is 9.13. The van der Waals surface area contributed by atoms with Gasteiger partial charge in [0.2, 0.25) is 0 Å². The molecule has 0 aromatic carbocycles. The van der Waals surface area contributed by atoms with Crippen molar-refractivity contribution in [1.29, 1.82) is 5.26 Å². The quantitative estimate of drug-likeness (QED) is 0.829. The summed E-state index contributed by atoms with van der Waals surface area (Å²) in [6.07, 6.45) is 2.84. The summed E-state index contributed by atoms with van der Waals surface area (Å²) in [6.45, 7) is 8.52. The second kappa shape index (κ2) is 6.65. The fraction of sp³-hybridized carbons (Fsp3) is 0.600. The number of piperazine rings is 1. The molecule has 2 heterocycles. The average molecular weight is 258 g/mol. The summed E-state index contributed by atoms with van der Waals surface area (Å²) >= 11 is 0. The van der Waals surface area contributed by atoms with Crippen molar-refractivity contribution in [2.24, 2.45) is 0 Å². The Morgan fingerprint density at radius 2 is 2.26 bits per heavy atom. The second-order valence-corrected chi connectivity index (χ2v) is 4.98. The topological polar surface area (TPSA) is 43.2 Å². The van der Waals surface area contributed by atoms with Gasteiger partial charge in [0.05, 0.1) is 11.8 Å². The predicted molar refractivity (Wildman–Crippen MR) is 75.5 cm³/mol. The minimum atomic E-state index is -0.217. The number of hydrogen-bond acceptors (Lipinski definition) is 4. The Labute approximate surface area is 115 Å². The molecular weight excluding hydrogens is 236 g/mol. The van der Waals surface area contributed by atoms with Crippen LogP contribution in [0.3, 0.4) is 0 Å². The summed E-state index contributed by atoms with van der Waals surface area (Å²) in [5.41, 5.74) is 0.869. The molecule has 102 valence electrons. The standard InChI is InChI=1S/C15H22N4/c1-3-13-12-18(4-2)9-10-19(13)15(11-16)14-7-5-6-8-17-14/h5-8,13,15H,3-4,9-10,12H2,1-2H3. The number of pyridine rings is 1. The van der Waals surface area contributed by atoms with E-state index in [2.05, 4.69) is 34.7 Å². The number of hydrogen-bond donors (Lipinski definition) is 0. The van der Waals surface area contributed by atoms with E-state index in [0.29, 0.717) is 6.04 Å². The van der Waals surface area contributed by atoms with Gasteiger partial charge in [-0.2, -0.15) is 5.26 Å². The highest BCUT2D eigenvalue weighted by Crippen LogP contribution is 2.24. The van der Waals surface area contributed by atoms with E-state index in [-0.39, 0.29) is 6.04 Å². The third-order valence-corrected chi connectivity index (χ3v) is 3.95. The molecule has 2 rings (SSSR count). The van der Waals surface area contributed by atoms with Gasteiger partial charge < -0.3 is 4.90 Å². The number of rotatable bonds is 4. The summed E-state index contributed by atoms with van der Waals surface area (Å²) in [5, 5.41) is 9.52. The number of aromatic nitrogens is 1. The Kier molecular flexibility index (Phi) is 4.89. The largest absolute Gasteiger partial charge is 0.301 e. The van der Waals surface area contributed by atoms with Crippen LogP contribution in [0.15, 0.2) is 24.4 Å². The Morgan fingerprint density at radius 3 is 2.84 bits per heavy atom. The van der Waals surface area contributed by atoms with Crippen molar-refractivity contribution in [2.45, 2.75) is 32.4 Å². The zero-order valence-corrected chi connectivity index (χ0v) is 11.8. The molecule has 0 spiro atoms. The molecule has 1 aliphatic heterocycles. The van der Waals surface area contributed by atoms with Gasteiger partial charge in [0, 0.05) is 31.9 Å². The van der Waals surface area contributed by atoms with E-state index in [1.54, 1.807) is 6.20 Å². The molecular formula is C15H22N4. The summed E-state index contributed by atoms with van der Waals surface area (Å²) < 4.78 is 0. The lowest BCUT2D eigenvalue weighted by molar-refractivity contribution is 0.0558. The molecule has 1 saturated heterocycles. The van der Waals surface area contributed by atoms with Crippen LogP contribution in [0.4, 0.5) is 0 Å². The predicted octanol–water partition coefficient (Wildman–Crippen LogP) is 2.06. The minimum absolute atomic E-state index is 0.217. The first-order chi connectivity index (χ1) is 9.30. The third-order valence-electron chi connectivity index (χ3n) is 3.95. The molecule has 0 N–H and O–H groups in total. The monoisotopic (exact) mass is 258 g/mol. The highest BCUT2D eigenvalue weighted by molar-refractivity contribution is 5.16. The van der Waals surface area contributed by atoms with Crippen molar-refractivity contribution in [1.82, 2.24) is 14.8 Å². The van der Waals surface area contributed by atoms with Crippen LogP contribution in [0.1, 0.15) is 32.0 Å². The third kappa shape index (κ3) is 3.12. The van der Waals surface area contributed by atoms with Crippen molar-refractivity contribution in [3.05, 3.63) is 30.1 Å². The van der Waals surface area contributed by atoms with E-state index < -0.39 is 0 Å². The van der Waals surface area contributed by atoms with Gasteiger partial charge in [0.15, 0.2) is 0 Å². The van der Waals surface area contributed by atoms with Crippen LogP contribution >= 0.6 is 0 Å². The molecule has 0 bridgehead atoms. The van der Waals surface area contributed by atoms with Gasteiger partial charge in [-0.1, -0.05) is 19.9 Å². The molecule has 2 unspecified atom stereocenters. The first kappa shape index (κ1) is 14.0. The zero-order chi connectivity index (χ0) is 13.7. The van der Waals surface area contributed by atoms with Crippen molar-refractivity contribution < 1.29 is 0 Å². The van der Waals surface area contributed by atoms with Crippen molar-refractivity contribution in [3.63, 3.8) is 0 Å². The van der Waals surface area contributed by atoms with Gasteiger partial charge in [0.1, 0.15) is 6.04 Å². The van der Waals surface area contributed by atoms with Crippen molar-refractivity contribution >= 4 is 0 Å². The first-order valence-electron chi connectivity index (χ1n) is 7.08.